The lowest BCUT2D eigenvalue weighted by Gasteiger charge is -2.33. The van der Waals surface area contributed by atoms with Crippen molar-refractivity contribution in [1.29, 1.82) is 0 Å². The molecule has 32 heavy (non-hydrogen) atoms. The molecule has 6 nitrogen and oxygen atoms in total. The number of benzene rings is 2. The summed E-state index contributed by atoms with van der Waals surface area (Å²) in [6, 6.07) is 10.8. The predicted octanol–water partition coefficient (Wildman–Crippen LogP) is 4.22. The molecular formula is C25H28N2O4S. The van der Waals surface area contributed by atoms with Gasteiger partial charge in [0.1, 0.15) is 0 Å². The van der Waals surface area contributed by atoms with Gasteiger partial charge in [0.2, 0.25) is 5.91 Å². The van der Waals surface area contributed by atoms with Crippen LogP contribution < -0.4 is 10.5 Å². The zero-order valence-corrected chi connectivity index (χ0v) is 19.1. The van der Waals surface area contributed by atoms with E-state index in [-0.39, 0.29) is 5.92 Å². The number of hydrogen-bond donors (Lipinski definition) is 3. The molecule has 2 aliphatic carbocycles. The van der Waals surface area contributed by atoms with Gasteiger partial charge in [0.15, 0.2) is 0 Å². The minimum Gasteiger partial charge on any atom is -0.390 e. The van der Waals surface area contributed by atoms with Crippen molar-refractivity contribution in [3.63, 3.8) is 0 Å². The first-order chi connectivity index (χ1) is 15.0. The number of carbonyl (C=O) groups is 1. The minimum atomic E-state index is -3.62. The fraction of sp³-hybridized carbons (Fsp3) is 0.320. The van der Waals surface area contributed by atoms with Crippen molar-refractivity contribution in [2.75, 3.05) is 4.72 Å². The molecule has 1 amide bonds. The Kier molecular flexibility index (Phi) is 5.51. The van der Waals surface area contributed by atoms with E-state index in [1.54, 1.807) is 24.3 Å². The molecule has 7 heteroatoms. The van der Waals surface area contributed by atoms with E-state index in [4.69, 9.17) is 5.73 Å². The number of anilines is 1. The molecule has 0 heterocycles. The van der Waals surface area contributed by atoms with Crippen LogP contribution in [0.4, 0.5) is 5.69 Å². The second kappa shape index (κ2) is 7.90. The molecule has 0 saturated carbocycles. The van der Waals surface area contributed by atoms with Crippen molar-refractivity contribution in [3.8, 4) is 11.1 Å². The van der Waals surface area contributed by atoms with E-state index < -0.39 is 21.5 Å². The molecule has 168 valence electrons. The molecule has 0 unspecified atom stereocenters. The van der Waals surface area contributed by atoms with Crippen LogP contribution in [0.5, 0.6) is 0 Å². The first-order valence-corrected chi connectivity index (χ1v) is 12.2. The van der Waals surface area contributed by atoms with Crippen LogP contribution in [0.15, 0.2) is 54.0 Å². The van der Waals surface area contributed by atoms with Gasteiger partial charge in [-0.25, -0.2) is 8.42 Å². The minimum absolute atomic E-state index is 0.160. The van der Waals surface area contributed by atoms with E-state index in [1.165, 1.54) is 11.1 Å². The largest absolute Gasteiger partial charge is 0.390 e. The van der Waals surface area contributed by atoms with Crippen molar-refractivity contribution in [2.24, 2.45) is 11.7 Å². The fourth-order valence-corrected chi connectivity index (χ4v) is 5.46. The lowest BCUT2D eigenvalue weighted by Crippen LogP contribution is -2.32. The normalized spacial score (nSPS) is 18.2. The van der Waals surface area contributed by atoms with E-state index in [0.717, 1.165) is 46.9 Å². The molecule has 0 aliphatic heterocycles. The lowest BCUT2D eigenvalue weighted by molar-refractivity contribution is 0.0123. The van der Waals surface area contributed by atoms with Gasteiger partial charge in [0, 0.05) is 16.7 Å². The van der Waals surface area contributed by atoms with Crippen LogP contribution in [0.3, 0.4) is 0 Å². The number of sulfonamides is 1. The van der Waals surface area contributed by atoms with Crippen LogP contribution in [0, 0.1) is 5.92 Å². The first kappa shape index (κ1) is 22.3. The van der Waals surface area contributed by atoms with Crippen molar-refractivity contribution >= 4 is 27.2 Å². The molecule has 0 spiro atoms. The highest BCUT2D eigenvalue weighted by Gasteiger charge is 2.37. The Morgan fingerprint density at radius 1 is 1.28 bits per heavy atom. The van der Waals surface area contributed by atoms with Gasteiger partial charge < -0.3 is 10.8 Å². The van der Waals surface area contributed by atoms with Gasteiger partial charge in [0.05, 0.1) is 5.60 Å². The standard InChI is InChI=1S/C25H28N2O4S/c1-4-32(30,31)27-18-7-5-6-15(13-18)19-10-11-21(24(26)28)22-14-16-12-17(25(2,3)29)8-9-20(16)23(19)22/h4-7,10-11,13,17,27,29H,1,8-9,12,14H2,2-3H3,(H2,26,28)/t17-/m0/s1. The maximum Gasteiger partial charge on any atom is 0.254 e. The molecule has 2 aromatic rings. The zero-order valence-electron chi connectivity index (χ0n) is 18.3. The van der Waals surface area contributed by atoms with Gasteiger partial charge in [-0.1, -0.05) is 30.4 Å². The Labute approximate surface area is 188 Å². The van der Waals surface area contributed by atoms with E-state index in [2.05, 4.69) is 11.3 Å². The van der Waals surface area contributed by atoms with Crippen LogP contribution in [0.2, 0.25) is 0 Å². The predicted molar refractivity (Wildman–Crippen MR) is 127 cm³/mol. The Balaban J connectivity index is 1.82. The molecule has 4 rings (SSSR count). The fourth-order valence-electron chi connectivity index (χ4n) is 4.92. The summed E-state index contributed by atoms with van der Waals surface area (Å²) in [7, 11) is -3.62. The van der Waals surface area contributed by atoms with Crippen molar-refractivity contribution < 1.29 is 18.3 Å². The maximum absolute atomic E-state index is 12.2. The van der Waals surface area contributed by atoms with Gasteiger partial charge in [-0.3, -0.25) is 9.52 Å². The summed E-state index contributed by atoms with van der Waals surface area (Å²) < 4.78 is 26.3. The summed E-state index contributed by atoms with van der Waals surface area (Å²) in [5, 5.41) is 11.4. The smallest absolute Gasteiger partial charge is 0.254 e. The topological polar surface area (TPSA) is 109 Å². The molecule has 2 aliphatic rings. The zero-order chi connectivity index (χ0) is 23.3. The van der Waals surface area contributed by atoms with Gasteiger partial charge in [-0.2, -0.15) is 0 Å². The van der Waals surface area contributed by atoms with E-state index in [0.29, 0.717) is 17.7 Å². The summed E-state index contributed by atoms with van der Waals surface area (Å²) in [6.45, 7) is 7.03. The molecule has 1 atom stereocenters. The van der Waals surface area contributed by atoms with Gasteiger partial charge in [-0.15, -0.1) is 0 Å². The molecule has 0 saturated heterocycles. The Hall–Kier alpha value is -2.90. The van der Waals surface area contributed by atoms with E-state index in [9.17, 15) is 18.3 Å². The van der Waals surface area contributed by atoms with Crippen LogP contribution in [0.25, 0.3) is 16.7 Å². The molecular weight excluding hydrogens is 424 g/mol. The highest BCUT2D eigenvalue weighted by atomic mass is 32.2. The molecule has 4 N–H and O–H groups in total. The van der Waals surface area contributed by atoms with Crippen LogP contribution >= 0.6 is 0 Å². The summed E-state index contributed by atoms with van der Waals surface area (Å²) in [6.07, 6.45) is 3.10. The lowest BCUT2D eigenvalue weighted by atomic mass is 9.76. The van der Waals surface area contributed by atoms with Crippen LogP contribution in [-0.4, -0.2) is 25.0 Å². The third-order valence-electron chi connectivity index (χ3n) is 6.58. The summed E-state index contributed by atoms with van der Waals surface area (Å²) in [4.78, 5) is 12.2. The quantitative estimate of drug-likeness (QED) is 0.610. The van der Waals surface area contributed by atoms with E-state index >= 15 is 0 Å². The van der Waals surface area contributed by atoms with Crippen molar-refractivity contribution in [3.05, 3.63) is 70.6 Å². The number of allylic oxidation sites excluding steroid dienone is 2. The molecule has 0 bridgehead atoms. The molecule has 2 aromatic carbocycles. The monoisotopic (exact) mass is 452 g/mol. The Morgan fingerprint density at radius 2 is 2.03 bits per heavy atom. The van der Waals surface area contributed by atoms with Crippen molar-refractivity contribution in [2.45, 2.75) is 45.1 Å². The Bertz CT molecular complexity index is 1250. The highest BCUT2D eigenvalue weighted by molar-refractivity contribution is 7.95. The van der Waals surface area contributed by atoms with Gasteiger partial charge in [0.25, 0.3) is 10.0 Å². The molecule has 0 fully saturated rings. The number of nitrogens with one attached hydrogen (secondary N) is 1. The summed E-state index contributed by atoms with van der Waals surface area (Å²) >= 11 is 0. The highest BCUT2D eigenvalue weighted by Crippen LogP contribution is 2.49. The summed E-state index contributed by atoms with van der Waals surface area (Å²) in [5.41, 5.74) is 12.1. The first-order valence-electron chi connectivity index (χ1n) is 10.6. The average molecular weight is 453 g/mol. The average Bonchev–Trinajstić information content (AvgIpc) is 3.11. The van der Waals surface area contributed by atoms with Gasteiger partial charge >= 0.3 is 0 Å². The number of amides is 1. The maximum atomic E-state index is 12.2. The second-order valence-corrected chi connectivity index (χ2v) is 10.8. The van der Waals surface area contributed by atoms with Gasteiger partial charge in [-0.05, 0) is 91.5 Å². The Morgan fingerprint density at radius 3 is 2.69 bits per heavy atom. The SMILES string of the molecule is C=CS(=O)(=O)Nc1cccc(-c2ccc(C(N)=O)c3c2C2=C(C3)C[C@@H](C(C)(C)O)CC2)c1. The molecule has 0 radical (unpaired) electrons. The number of hydrogen-bond acceptors (Lipinski definition) is 4. The number of primary amides is 1. The molecule has 0 aromatic heterocycles. The summed E-state index contributed by atoms with van der Waals surface area (Å²) in [5.74, 6) is -0.299. The van der Waals surface area contributed by atoms with Crippen LogP contribution in [0.1, 0.15) is 54.6 Å². The third-order valence-corrected chi connectivity index (χ3v) is 7.54. The second-order valence-electron chi connectivity index (χ2n) is 9.13. The number of nitrogens with two attached hydrogens (primary N) is 1. The number of fused-ring (bicyclic) bond motifs is 2. The van der Waals surface area contributed by atoms with Crippen molar-refractivity contribution in [1.82, 2.24) is 0 Å². The third kappa shape index (κ3) is 4.10. The number of aliphatic hydroxyl groups is 1. The van der Waals surface area contributed by atoms with E-state index in [1.807, 2.05) is 26.0 Å². The number of rotatable bonds is 6. The van der Waals surface area contributed by atoms with Crippen LogP contribution in [-0.2, 0) is 16.4 Å². The number of carbonyl (C=O) groups excluding carboxylic acids is 1.